The van der Waals surface area contributed by atoms with Crippen LogP contribution in [0.1, 0.15) is 96.5 Å². The van der Waals surface area contributed by atoms with E-state index in [1.54, 1.807) is 0 Å². The summed E-state index contributed by atoms with van der Waals surface area (Å²) in [5.41, 5.74) is 1.73. The molecule has 0 heterocycles. The summed E-state index contributed by atoms with van der Waals surface area (Å²) >= 11 is 0. The van der Waals surface area contributed by atoms with Gasteiger partial charge in [0, 0.05) is 12.0 Å². The lowest BCUT2D eigenvalue weighted by molar-refractivity contribution is -0.135. The Morgan fingerprint density at radius 1 is 0.900 bits per heavy atom. The summed E-state index contributed by atoms with van der Waals surface area (Å²) in [6.45, 7) is 4.38. The molecule has 1 aromatic carbocycles. The Kier molecular flexibility index (Phi) is 18.3. The molecule has 0 fully saturated rings. The number of carboxylic acids is 1. The number of methoxy groups -OCH3 is 1. The SMILES string of the molecule is CCCCCCC#CO.CCCCCCCCC(=C(OC)C(=O)O)c1ccccc1. The first-order valence-electron chi connectivity index (χ1n) is 11.3. The third-order valence-electron chi connectivity index (χ3n) is 4.81. The molecule has 0 aliphatic rings. The van der Waals surface area contributed by atoms with Crippen LogP contribution >= 0.6 is 0 Å². The fraction of sp³-hybridized carbons (Fsp3) is 0.577. The number of ether oxygens (including phenoxy) is 1. The lowest BCUT2D eigenvalue weighted by Gasteiger charge is -2.12. The van der Waals surface area contributed by atoms with E-state index >= 15 is 0 Å². The molecule has 0 aliphatic carbocycles. The Bertz CT molecular complexity index is 638. The fourth-order valence-electron chi connectivity index (χ4n) is 3.15. The minimum atomic E-state index is -0.998. The normalized spacial score (nSPS) is 10.8. The second-order valence-corrected chi connectivity index (χ2v) is 7.30. The van der Waals surface area contributed by atoms with Crippen molar-refractivity contribution in [1.29, 1.82) is 0 Å². The topological polar surface area (TPSA) is 66.8 Å². The number of allylic oxidation sites excluding steroid dienone is 1. The number of aliphatic hydroxyl groups excluding tert-OH is 1. The molecule has 0 bridgehead atoms. The molecule has 0 saturated carbocycles. The van der Waals surface area contributed by atoms with Crippen LogP contribution in [-0.2, 0) is 9.53 Å². The lowest BCUT2D eigenvalue weighted by Crippen LogP contribution is -2.06. The third-order valence-corrected chi connectivity index (χ3v) is 4.81. The molecule has 0 radical (unpaired) electrons. The van der Waals surface area contributed by atoms with Gasteiger partial charge in [0.1, 0.15) is 6.11 Å². The predicted octanol–water partition coefficient (Wildman–Crippen LogP) is 7.17. The summed E-state index contributed by atoms with van der Waals surface area (Å²) < 4.78 is 5.10. The molecule has 0 atom stereocenters. The summed E-state index contributed by atoms with van der Waals surface area (Å²) in [7, 11) is 1.42. The van der Waals surface area contributed by atoms with Gasteiger partial charge in [0.25, 0.3) is 0 Å². The molecule has 0 amide bonds. The van der Waals surface area contributed by atoms with E-state index in [4.69, 9.17) is 9.84 Å². The maximum absolute atomic E-state index is 11.3. The fourth-order valence-corrected chi connectivity index (χ4v) is 3.15. The smallest absolute Gasteiger partial charge is 0.371 e. The molecule has 168 valence electrons. The van der Waals surface area contributed by atoms with Crippen LogP contribution in [-0.4, -0.2) is 23.3 Å². The predicted molar refractivity (Wildman–Crippen MR) is 124 cm³/mol. The Morgan fingerprint density at radius 3 is 2.00 bits per heavy atom. The van der Waals surface area contributed by atoms with Gasteiger partial charge in [0.15, 0.2) is 0 Å². The van der Waals surface area contributed by atoms with Gasteiger partial charge < -0.3 is 14.9 Å². The number of unbranched alkanes of at least 4 members (excludes halogenated alkanes) is 9. The first kappa shape index (κ1) is 27.6. The maximum atomic E-state index is 11.3. The van der Waals surface area contributed by atoms with Crippen LogP contribution in [0.4, 0.5) is 0 Å². The molecule has 1 rings (SSSR count). The van der Waals surface area contributed by atoms with Gasteiger partial charge in [0.2, 0.25) is 5.76 Å². The van der Waals surface area contributed by atoms with Gasteiger partial charge in [-0.2, -0.15) is 0 Å². The molecule has 0 aliphatic heterocycles. The van der Waals surface area contributed by atoms with Crippen molar-refractivity contribution in [3.05, 3.63) is 41.7 Å². The van der Waals surface area contributed by atoms with Crippen molar-refractivity contribution in [3.63, 3.8) is 0 Å². The van der Waals surface area contributed by atoms with E-state index in [2.05, 4.69) is 19.8 Å². The average molecular weight is 417 g/mol. The van der Waals surface area contributed by atoms with Crippen LogP contribution < -0.4 is 0 Å². The molecular weight excluding hydrogens is 376 g/mol. The zero-order chi connectivity index (χ0) is 22.5. The summed E-state index contributed by atoms with van der Waals surface area (Å²) in [5.74, 6) is 1.68. The van der Waals surface area contributed by atoms with Crippen LogP contribution in [0.5, 0.6) is 0 Å². The van der Waals surface area contributed by atoms with E-state index in [9.17, 15) is 9.90 Å². The van der Waals surface area contributed by atoms with Crippen LogP contribution in [0.3, 0.4) is 0 Å². The highest BCUT2D eigenvalue weighted by Crippen LogP contribution is 2.26. The Hall–Kier alpha value is -2.41. The number of carboxylic acid groups (broad SMARTS) is 1. The van der Waals surface area contributed by atoms with E-state index in [-0.39, 0.29) is 5.76 Å². The zero-order valence-electron chi connectivity index (χ0n) is 19.1. The molecule has 30 heavy (non-hydrogen) atoms. The van der Waals surface area contributed by atoms with Crippen molar-refractivity contribution in [2.45, 2.75) is 90.9 Å². The van der Waals surface area contributed by atoms with Crippen LogP contribution in [0.2, 0.25) is 0 Å². The highest BCUT2D eigenvalue weighted by Gasteiger charge is 2.16. The summed E-state index contributed by atoms with van der Waals surface area (Å²) in [6, 6.07) is 9.65. The van der Waals surface area contributed by atoms with Crippen molar-refractivity contribution in [1.82, 2.24) is 0 Å². The second kappa shape index (κ2) is 19.9. The molecule has 0 aromatic heterocycles. The zero-order valence-corrected chi connectivity index (χ0v) is 19.1. The molecular formula is C26H40O4. The molecule has 2 N–H and O–H groups in total. The van der Waals surface area contributed by atoms with Gasteiger partial charge in [-0.3, -0.25) is 0 Å². The number of hydrogen-bond acceptors (Lipinski definition) is 3. The van der Waals surface area contributed by atoms with E-state index in [1.807, 2.05) is 36.4 Å². The average Bonchev–Trinajstić information content (AvgIpc) is 2.76. The van der Waals surface area contributed by atoms with Crippen molar-refractivity contribution in [3.8, 4) is 12.0 Å². The molecule has 0 spiro atoms. The summed E-state index contributed by atoms with van der Waals surface area (Å²) in [5, 5.41) is 17.4. The molecule has 0 unspecified atom stereocenters. The van der Waals surface area contributed by atoms with Crippen molar-refractivity contribution in [2.75, 3.05) is 7.11 Å². The van der Waals surface area contributed by atoms with E-state index in [0.29, 0.717) is 0 Å². The molecule has 0 saturated heterocycles. The Balaban J connectivity index is 0.000000787. The lowest BCUT2D eigenvalue weighted by atomic mass is 9.97. The largest absolute Gasteiger partial charge is 0.490 e. The first-order valence-corrected chi connectivity index (χ1v) is 11.3. The van der Waals surface area contributed by atoms with Crippen LogP contribution in [0.15, 0.2) is 36.1 Å². The van der Waals surface area contributed by atoms with Gasteiger partial charge in [-0.15, -0.1) is 0 Å². The van der Waals surface area contributed by atoms with Crippen molar-refractivity contribution in [2.24, 2.45) is 0 Å². The van der Waals surface area contributed by atoms with Crippen molar-refractivity contribution < 1.29 is 19.7 Å². The molecule has 1 aromatic rings. The number of aliphatic carboxylic acids is 1. The van der Waals surface area contributed by atoms with Gasteiger partial charge >= 0.3 is 5.97 Å². The highest BCUT2D eigenvalue weighted by molar-refractivity contribution is 5.94. The molecule has 4 heteroatoms. The van der Waals surface area contributed by atoms with Crippen molar-refractivity contribution >= 4 is 11.5 Å². The minimum absolute atomic E-state index is 0.0646. The first-order chi connectivity index (χ1) is 14.6. The standard InChI is InChI=1S/C18H26O3.C8H14O/c1-3-4-5-6-7-11-14-16(17(21-2)18(19)20)15-12-9-8-10-13-15;1-2-3-4-5-6-7-8-9/h8-10,12-13H,3-7,11,14H2,1-2H3,(H,19,20);9H,2-6H2,1H3. The second-order valence-electron chi connectivity index (χ2n) is 7.30. The summed E-state index contributed by atoms with van der Waals surface area (Å²) in [6.07, 6.45) is 15.5. The highest BCUT2D eigenvalue weighted by atomic mass is 16.5. The third kappa shape index (κ3) is 13.7. The van der Waals surface area contributed by atoms with Crippen LogP contribution in [0.25, 0.3) is 5.57 Å². The van der Waals surface area contributed by atoms with Gasteiger partial charge in [0.05, 0.1) is 7.11 Å². The number of aliphatic hydroxyl groups is 1. The number of benzene rings is 1. The van der Waals surface area contributed by atoms with E-state index in [1.165, 1.54) is 52.1 Å². The number of rotatable bonds is 14. The maximum Gasteiger partial charge on any atom is 0.371 e. The quantitative estimate of drug-likeness (QED) is 0.146. The van der Waals surface area contributed by atoms with E-state index in [0.717, 1.165) is 43.2 Å². The Morgan fingerprint density at radius 2 is 1.47 bits per heavy atom. The van der Waals surface area contributed by atoms with Gasteiger partial charge in [-0.05, 0) is 24.8 Å². The minimum Gasteiger partial charge on any atom is -0.490 e. The van der Waals surface area contributed by atoms with Crippen LogP contribution in [0, 0.1) is 12.0 Å². The number of hydrogen-bond donors (Lipinski definition) is 2. The van der Waals surface area contributed by atoms with Gasteiger partial charge in [-0.25, -0.2) is 4.79 Å². The van der Waals surface area contributed by atoms with E-state index < -0.39 is 5.97 Å². The Labute approximate surface area is 183 Å². The van der Waals surface area contributed by atoms with Gasteiger partial charge in [-0.1, -0.05) is 101 Å². The number of carbonyl (C=O) groups is 1. The molecule has 4 nitrogen and oxygen atoms in total. The monoisotopic (exact) mass is 416 g/mol. The summed E-state index contributed by atoms with van der Waals surface area (Å²) in [4.78, 5) is 11.3.